The van der Waals surface area contributed by atoms with Gasteiger partial charge in [-0.15, -0.1) is 0 Å². The second-order valence-corrected chi connectivity index (χ2v) is 6.44. The molecule has 0 amide bonds. The molecule has 0 radical (unpaired) electrons. The minimum absolute atomic E-state index is 0.289. The van der Waals surface area contributed by atoms with Crippen LogP contribution in [0.4, 0.5) is 0 Å². The van der Waals surface area contributed by atoms with E-state index in [1.165, 1.54) is 19.3 Å². The topological polar surface area (TPSA) is 50.7 Å². The summed E-state index contributed by atoms with van der Waals surface area (Å²) in [5.74, 6) is 1.48. The van der Waals surface area contributed by atoms with Gasteiger partial charge in [0.1, 0.15) is 24.2 Å². The molecular formula is C16H25NO3S. The van der Waals surface area contributed by atoms with Crippen LogP contribution in [-0.2, 0) is 0 Å². The maximum atomic E-state index is 10.0. The van der Waals surface area contributed by atoms with Crippen LogP contribution in [0.25, 0.3) is 0 Å². The Bertz CT molecular complexity index is 430. The number of aliphatic hydroxyl groups is 1. The predicted octanol–water partition coefficient (Wildman–Crippen LogP) is 2.31. The number of hydrogen-bond acceptors (Lipinski definition) is 5. The Morgan fingerprint density at radius 2 is 2.19 bits per heavy atom. The number of methoxy groups -OCH3 is 1. The quantitative estimate of drug-likeness (QED) is 0.771. The zero-order chi connectivity index (χ0) is 15.1. The summed E-state index contributed by atoms with van der Waals surface area (Å²) in [5.41, 5.74) is 0. The van der Waals surface area contributed by atoms with Crippen molar-refractivity contribution in [3.05, 3.63) is 24.3 Å². The molecule has 3 unspecified atom stereocenters. The molecule has 3 atom stereocenters. The number of hydrogen-bond donors (Lipinski definition) is 2. The molecular weight excluding hydrogens is 286 g/mol. The average Bonchev–Trinajstić information content (AvgIpc) is 2.98. The fraction of sp³-hybridized carbons (Fsp3) is 0.625. The Kier molecular flexibility index (Phi) is 6.67. The molecule has 0 aliphatic heterocycles. The zero-order valence-electron chi connectivity index (χ0n) is 12.7. The van der Waals surface area contributed by atoms with Gasteiger partial charge in [0.25, 0.3) is 0 Å². The first-order valence-corrected chi connectivity index (χ1v) is 8.73. The predicted molar refractivity (Wildman–Crippen MR) is 87.4 cm³/mol. The summed E-state index contributed by atoms with van der Waals surface area (Å²) in [6, 6.07) is 7.95. The highest BCUT2D eigenvalue weighted by molar-refractivity contribution is 7.99. The van der Waals surface area contributed by atoms with Crippen LogP contribution in [-0.4, -0.2) is 49.0 Å². The van der Waals surface area contributed by atoms with Gasteiger partial charge in [0.2, 0.25) is 0 Å². The van der Waals surface area contributed by atoms with Gasteiger partial charge in [-0.25, -0.2) is 0 Å². The van der Waals surface area contributed by atoms with Gasteiger partial charge >= 0.3 is 0 Å². The van der Waals surface area contributed by atoms with Crippen LogP contribution in [0.1, 0.15) is 19.3 Å². The largest absolute Gasteiger partial charge is 0.497 e. The van der Waals surface area contributed by atoms with E-state index >= 15 is 0 Å². The van der Waals surface area contributed by atoms with Crippen LogP contribution in [0, 0.1) is 0 Å². The van der Waals surface area contributed by atoms with Crippen LogP contribution in [0.5, 0.6) is 11.5 Å². The number of benzene rings is 1. The lowest BCUT2D eigenvalue weighted by molar-refractivity contribution is 0.104. The molecule has 4 nitrogen and oxygen atoms in total. The minimum Gasteiger partial charge on any atom is -0.497 e. The first kappa shape index (κ1) is 16.5. The lowest BCUT2D eigenvalue weighted by atomic mass is 10.2. The van der Waals surface area contributed by atoms with E-state index < -0.39 is 6.10 Å². The molecule has 0 aromatic heterocycles. The molecule has 2 rings (SSSR count). The second kappa shape index (κ2) is 8.51. The van der Waals surface area contributed by atoms with Gasteiger partial charge in [-0.1, -0.05) is 12.5 Å². The normalized spacial score (nSPS) is 23.0. The smallest absolute Gasteiger partial charge is 0.123 e. The number of thioether (sulfide) groups is 1. The minimum atomic E-state index is -0.501. The fourth-order valence-corrected chi connectivity index (χ4v) is 3.63. The first-order valence-electron chi connectivity index (χ1n) is 7.44. The van der Waals surface area contributed by atoms with E-state index in [1.807, 2.05) is 36.0 Å². The molecule has 1 aromatic carbocycles. The van der Waals surface area contributed by atoms with Gasteiger partial charge in [-0.3, -0.25) is 0 Å². The van der Waals surface area contributed by atoms with Crippen LogP contribution >= 0.6 is 11.8 Å². The van der Waals surface area contributed by atoms with E-state index in [4.69, 9.17) is 9.47 Å². The Morgan fingerprint density at radius 3 is 2.95 bits per heavy atom. The van der Waals surface area contributed by atoms with Crippen LogP contribution in [0.3, 0.4) is 0 Å². The molecule has 2 N–H and O–H groups in total. The summed E-state index contributed by atoms with van der Waals surface area (Å²) in [6.07, 6.45) is 5.41. The Labute approximate surface area is 131 Å². The fourth-order valence-electron chi connectivity index (χ4n) is 2.67. The molecule has 118 valence electrons. The van der Waals surface area contributed by atoms with Gasteiger partial charge < -0.3 is 19.9 Å². The summed E-state index contributed by atoms with van der Waals surface area (Å²) in [5, 5.41) is 14.2. The van der Waals surface area contributed by atoms with Crippen molar-refractivity contribution in [2.45, 2.75) is 36.7 Å². The maximum Gasteiger partial charge on any atom is 0.123 e. The van der Waals surface area contributed by atoms with Crippen molar-refractivity contribution in [1.29, 1.82) is 0 Å². The third-order valence-corrected chi connectivity index (χ3v) is 5.02. The van der Waals surface area contributed by atoms with Crippen LogP contribution in [0.15, 0.2) is 24.3 Å². The standard InChI is InChI=1S/C16H25NO3S/c1-19-13-5-3-6-14(9-13)20-11-12(18)10-17-15-7-4-8-16(15)21-2/h3,5-6,9,12,15-18H,4,7-8,10-11H2,1-2H3. The van der Waals surface area contributed by atoms with Crippen molar-refractivity contribution in [2.75, 3.05) is 26.5 Å². The Morgan fingerprint density at radius 1 is 1.38 bits per heavy atom. The Balaban J connectivity index is 1.70. The van der Waals surface area contributed by atoms with Gasteiger partial charge in [0.05, 0.1) is 7.11 Å². The van der Waals surface area contributed by atoms with E-state index in [0.717, 1.165) is 11.5 Å². The highest BCUT2D eigenvalue weighted by Crippen LogP contribution is 2.28. The third kappa shape index (κ3) is 5.09. The molecule has 21 heavy (non-hydrogen) atoms. The van der Waals surface area contributed by atoms with Crippen molar-refractivity contribution in [3.8, 4) is 11.5 Å². The summed E-state index contributed by atoms with van der Waals surface area (Å²) < 4.78 is 10.7. The molecule has 0 saturated heterocycles. The van der Waals surface area contributed by atoms with Crippen molar-refractivity contribution in [2.24, 2.45) is 0 Å². The lowest BCUT2D eigenvalue weighted by Gasteiger charge is -2.21. The molecule has 5 heteroatoms. The van der Waals surface area contributed by atoms with E-state index in [9.17, 15) is 5.11 Å². The summed E-state index contributed by atoms with van der Waals surface area (Å²) in [6.45, 7) is 0.864. The highest BCUT2D eigenvalue weighted by atomic mass is 32.2. The molecule has 0 heterocycles. The SMILES string of the molecule is COc1cccc(OCC(O)CNC2CCCC2SC)c1. The van der Waals surface area contributed by atoms with E-state index in [1.54, 1.807) is 7.11 Å². The Hall–Kier alpha value is -0.910. The number of aliphatic hydroxyl groups excluding tert-OH is 1. The summed E-state index contributed by atoms with van der Waals surface area (Å²) in [7, 11) is 1.63. The van der Waals surface area contributed by atoms with E-state index in [-0.39, 0.29) is 6.61 Å². The molecule has 1 aliphatic rings. The monoisotopic (exact) mass is 311 g/mol. The van der Waals surface area contributed by atoms with Crippen LogP contribution < -0.4 is 14.8 Å². The van der Waals surface area contributed by atoms with Crippen molar-refractivity contribution in [1.82, 2.24) is 5.32 Å². The van der Waals surface area contributed by atoms with Crippen molar-refractivity contribution >= 4 is 11.8 Å². The number of rotatable bonds is 8. The van der Waals surface area contributed by atoms with Gasteiger partial charge in [0, 0.05) is 23.9 Å². The molecule has 1 aliphatic carbocycles. The van der Waals surface area contributed by atoms with E-state index in [0.29, 0.717) is 17.8 Å². The molecule has 1 saturated carbocycles. The number of nitrogens with one attached hydrogen (secondary N) is 1. The van der Waals surface area contributed by atoms with Gasteiger partial charge in [0.15, 0.2) is 0 Å². The first-order chi connectivity index (χ1) is 10.2. The highest BCUT2D eigenvalue weighted by Gasteiger charge is 2.26. The second-order valence-electron chi connectivity index (χ2n) is 5.36. The molecule has 1 fully saturated rings. The number of ether oxygens (including phenoxy) is 2. The maximum absolute atomic E-state index is 10.0. The van der Waals surface area contributed by atoms with Crippen molar-refractivity contribution < 1.29 is 14.6 Å². The van der Waals surface area contributed by atoms with Crippen LogP contribution in [0.2, 0.25) is 0 Å². The lowest BCUT2D eigenvalue weighted by Crippen LogP contribution is -2.40. The van der Waals surface area contributed by atoms with Crippen molar-refractivity contribution in [3.63, 3.8) is 0 Å². The molecule has 1 aromatic rings. The zero-order valence-corrected chi connectivity index (χ0v) is 13.6. The molecule has 0 bridgehead atoms. The van der Waals surface area contributed by atoms with Gasteiger partial charge in [-0.05, 0) is 31.2 Å². The van der Waals surface area contributed by atoms with E-state index in [2.05, 4.69) is 11.6 Å². The molecule has 0 spiro atoms. The third-order valence-electron chi connectivity index (χ3n) is 3.85. The summed E-state index contributed by atoms with van der Waals surface area (Å²) >= 11 is 1.92. The average molecular weight is 311 g/mol. The summed E-state index contributed by atoms with van der Waals surface area (Å²) in [4.78, 5) is 0. The van der Waals surface area contributed by atoms with Gasteiger partial charge in [-0.2, -0.15) is 11.8 Å².